The second-order valence-corrected chi connectivity index (χ2v) is 7.64. The monoisotopic (exact) mass is 282 g/mol. The van der Waals surface area contributed by atoms with E-state index in [9.17, 15) is 14.6 Å². The molecular weight excluding hydrogens is 255 g/mol. The number of rotatable bonds is 10. The van der Waals surface area contributed by atoms with Crippen LogP contribution >= 0.6 is 7.60 Å². The van der Waals surface area contributed by atoms with Gasteiger partial charge in [0.25, 0.3) is 0 Å². The summed E-state index contributed by atoms with van der Waals surface area (Å²) in [6, 6.07) is 0. The highest BCUT2D eigenvalue weighted by Gasteiger charge is 2.25. The molecule has 18 heavy (non-hydrogen) atoms. The molecule has 0 aliphatic rings. The molecule has 0 saturated heterocycles. The second-order valence-electron chi connectivity index (χ2n) is 5.22. The Kier molecular flexibility index (Phi) is 9.09. The van der Waals surface area contributed by atoms with Crippen molar-refractivity contribution in [3.05, 3.63) is 0 Å². The predicted octanol–water partition coefficient (Wildman–Crippen LogP) is 2.41. The topological polar surface area (TPSA) is 76.0 Å². The molecule has 0 amide bonds. The fourth-order valence-electron chi connectivity index (χ4n) is 1.20. The molecule has 0 aromatic carbocycles. The van der Waals surface area contributed by atoms with Crippen LogP contribution in [0.1, 0.15) is 40.5 Å². The van der Waals surface area contributed by atoms with E-state index in [1.165, 1.54) is 0 Å². The summed E-state index contributed by atoms with van der Waals surface area (Å²) < 4.78 is 21.6. The van der Waals surface area contributed by atoms with Gasteiger partial charge in [0.2, 0.25) is 0 Å². The number of hydrogen-bond donors (Lipinski definition) is 2. The van der Waals surface area contributed by atoms with Crippen molar-refractivity contribution >= 4 is 7.60 Å². The zero-order valence-corrected chi connectivity index (χ0v) is 12.7. The van der Waals surface area contributed by atoms with Gasteiger partial charge in [-0.15, -0.1) is 0 Å². The third-order valence-corrected chi connectivity index (χ3v) is 4.31. The van der Waals surface area contributed by atoms with Crippen LogP contribution in [-0.4, -0.2) is 41.6 Å². The molecule has 0 saturated carbocycles. The maximum absolute atomic E-state index is 11.5. The second kappa shape index (κ2) is 9.05. The molecule has 5 nitrogen and oxygen atoms in total. The van der Waals surface area contributed by atoms with Crippen molar-refractivity contribution in [2.45, 2.75) is 52.3 Å². The summed E-state index contributed by atoms with van der Waals surface area (Å²) in [5.74, 6) is 0.646. The Bertz CT molecular complexity index is 255. The van der Waals surface area contributed by atoms with Crippen molar-refractivity contribution < 1.29 is 23.8 Å². The molecule has 2 unspecified atom stereocenters. The van der Waals surface area contributed by atoms with E-state index in [0.717, 1.165) is 12.8 Å². The number of aliphatic hydroxyl groups is 1. The molecule has 0 bridgehead atoms. The minimum Gasteiger partial charge on any atom is -0.388 e. The Morgan fingerprint density at radius 3 is 2.28 bits per heavy atom. The molecule has 0 fully saturated rings. The van der Waals surface area contributed by atoms with E-state index in [-0.39, 0.29) is 13.2 Å². The van der Waals surface area contributed by atoms with E-state index in [0.29, 0.717) is 12.5 Å². The number of ether oxygens (including phenoxy) is 1. The Morgan fingerprint density at radius 2 is 1.78 bits per heavy atom. The van der Waals surface area contributed by atoms with Gasteiger partial charge in [-0.2, -0.15) is 0 Å². The maximum Gasteiger partial charge on any atom is 0.330 e. The largest absolute Gasteiger partial charge is 0.388 e. The minimum absolute atomic E-state index is 0.135. The van der Waals surface area contributed by atoms with Crippen LogP contribution in [0, 0.1) is 5.92 Å². The van der Waals surface area contributed by atoms with Crippen molar-refractivity contribution in [2.75, 3.05) is 19.8 Å². The first-order chi connectivity index (χ1) is 8.25. The van der Waals surface area contributed by atoms with Crippen LogP contribution in [0.2, 0.25) is 0 Å². The lowest BCUT2D eigenvalue weighted by molar-refractivity contribution is 0.00810. The van der Waals surface area contributed by atoms with Gasteiger partial charge in [-0.3, -0.25) is 4.57 Å². The van der Waals surface area contributed by atoms with E-state index in [2.05, 4.69) is 13.8 Å². The zero-order valence-electron chi connectivity index (χ0n) is 11.8. The molecule has 0 aliphatic heterocycles. The van der Waals surface area contributed by atoms with Gasteiger partial charge in [0.05, 0.1) is 18.9 Å². The van der Waals surface area contributed by atoms with Crippen LogP contribution in [-0.2, 0) is 13.8 Å². The summed E-state index contributed by atoms with van der Waals surface area (Å²) >= 11 is 0. The summed E-state index contributed by atoms with van der Waals surface area (Å²) in [7, 11) is -3.59. The standard InChI is InChI=1S/C12H27O5P/c1-10(2)6-5-7-16-8-12(13)9-17-18(14,15)11(3)4/h10-13H,5-9H2,1-4H3,(H,14,15). The lowest BCUT2D eigenvalue weighted by Crippen LogP contribution is -2.22. The Morgan fingerprint density at radius 1 is 1.17 bits per heavy atom. The Hall–Kier alpha value is 0.0700. The van der Waals surface area contributed by atoms with Crippen molar-refractivity contribution in [3.8, 4) is 0 Å². The van der Waals surface area contributed by atoms with Crippen LogP contribution < -0.4 is 0 Å². The molecule has 0 rings (SSSR count). The number of aliphatic hydroxyl groups excluding tert-OH is 1. The lowest BCUT2D eigenvalue weighted by atomic mass is 10.1. The maximum atomic E-state index is 11.5. The first kappa shape index (κ1) is 18.1. The van der Waals surface area contributed by atoms with Crippen LogP contribution in [0.5, 0.6) is 0 Å². The smallest absolute Gasteiger partial charge is 0.330 e. The van der Waals surface area contributed by atoms with E-state index < -0.39 is 19.4 Å². The van der Waals surface area contributed by atoms with Gasteiger partial charge in [-0.05, 0) is 18.8 Å². The normalized spacial score (nSPS) is 17.1. The van der Waals surface area contributed by atoms with Crippen LogP contribution in [0.3, 0.4) is 0 Å². The molecule has 0 radical (unpaired) electrons. The molecular formula is C12H27O5P. The highest BCUT2D eigenvalue weighted by atomic mass is 31.2. The third-order valence-electron chi connectivity index (χ3n) is 2.48. The van der Waals surface area contributed by atoms with Crippen molar-refractivity contribution in [3.63, 3.8) is 0 Å². The van der Waals surface area contributed by atoms with Gasteiger partial charge in [0, 0.05) is 6.61 Å². The molecule has 110 valence electrons. The molecule has 2 atom stereocenters. The first-order valence-electron chi connectivity index (χ1n) is 6.48. The summed E-state index contributed by atoms with van der Waals surface area (Å²) in [6.45, 7) is 8.06. The van der Waals surface area contributed by atoms with E-state index in [4.69, 9.17) is 9.26 Å². The zero-order chi connectivity index (χ0) is 14.2. The van der Waals surface area contributed by atoms with Crippen LogP contribution in [0.4, 0.5) is 0 Å². The van der Waals surface area contributed by atoms with Gasteiger partial charge >= 0.3 is 7.60 Å². The summed E-state index contributed by atoms with van der Waals surface area (Å²) in [5.41, 5.74) is -0.461. The fraction of sp³-hybridized carbons (Fsp3) is 1.00. The molecule has 0 heterocycles. The minimum atomic E-state index is -3.59. The third kappa shape index (κ3) is 9.06. The fourth-order valence-corrected chi connectivity index (χ4v) is 1.89. The van der Waals surface area contributed by atoms with E-state index >= 15 is 0 Å². The highest BCUT2D eigenvalue weighted by molar-refractivity contribution is 7.53. The van der Waals surface area contributed by atoms with Crippen LogP contribution in [0.15, 0.2) is 0 Å². The van der Waals surface area contributed by atoms with E-state index in [1.807, 2.05) is 0 Å². The summed E-state index contributed by atoms with van der Waals surface area (Å²) in [6.07, 6.45) is 1.19. The predicted molar refractivity (Wildman–Crippen MR) is 71.8 cm³/mol. The summed E-state index contributed by atoms with van der Waals surface area (Å²) in [4.78, 5) is 9.39. The summed E-state index contributed by atoms with van der Waals surface area (Å²) in [5, 5.41) is 9.52. The SMILES string of the molecule is CC(C)CCCOCC(O)COP(=O)(O)C(C)C. The Labute approximate surface area is 110 Å². The quantitative estimate of drug-likeness (QED) is 0.475. The highest BCUT2D eigenvalue weighted by Crippen LogP contribution is 2.46. The van der Waals surface area contributed by atoms with Gasteiger partial charge < -0.3 is 19.3 Å². The van der Waals surface area contributed by atoms with E-state index in [1.54, 1.807) is 13.8 Å². The Balaban J connectivity index is 3.60. The molecule has 0 aromatic heterocycles. The van der Waals surface area contributed by atoms with Crippen molar-refractivity contribution in [2.24, 2.45) is 5.92 Å². The number of hydrogen-bond acceptors (Lipinski definition) is 4. The molecule has 0 aromatic rings. The average molecular weight is 282 g/mol. The van der Waals surface area contributed by atoms with Gasteiger partial charge in [-0.25, -0.2) is 0 Å². The average Bonchev–Trinajstić information content (AvgIpc) is 2.25. The molecule has 6 heteroatoms. The van der Waals surface area contributed by atoms with Gasteiger partial charge in [-0.1, -0.05) is 27.7 Å². The van der Waals surface area contributed by atoms with Gasteiger partial charge in [0.15, 0.2) is 0 Å². The molecule has 0 aliphatic carbocycles. The first-order valence-corrected chi connectivity index (χ1v) is 8.13. The van der Waals surface area contributed by atoms with Crippen molar-refractivity contribution in [1.29, 1.82) is 0 Å². The van der Waals surface area contributed by atoms with Crippen LogP contribution in [0.25, 0.3) is 0 Å². The van der Waals surface area contributed by atoms with Crippen molar-refractivity contribution in [1.82, 2.24) is 0 Å². The molecule has 2 N–H and O–H groups in total. The molecule has 0 spiro atoms. The van der Waals surface area contributed by atoms with Gasteiger partial charge in [0.1, 0.15) is 6.10 Å². The lowest BCUT2D eigenvalue weighted by Gasteiger charge is -2.18.